The third-order valence-electron chi connectivity index (χ3n) is 2.20. The molecule has 0 bridgehead atoms. The van der Waals surface area contributed by atoms with Crippen molar-refractivity contribution in [2.75, 3.05) is 5.75 Å². The van der Waals surface area contributed by atoms with Crippen LogP contribution in [0.4, 0.5) is 0 Å². The molecular formula is C10H17N3O4S. The lowest BCUT2D eigenvalue weighted by Gasteiger charge is -2.13. The van der Waals surface area contributed by atoms with Gasteiger partial charge in [-0.2, -0.15) is 5.10 Å². The standard InChI is InChI=1S/C10H17N3O4S/c1-9(8-13-6-3-5-11-13)12-18(16,17)7-2-4-10(14)15/h3,5-6,9,12H,2,4,7-8H2,1H3,(H,14,15). The molecule has 1 aromatic heterocycles. The normalized spacial score (nSPS) is 13.4. The minimum atomic E-state index is -3.43. The first-order valence-corrected chi connectivity index (χ1v) is 7.23. The van der Waals surface area contributed by atoms with E-state index in [1.807, 2.05) is 0 Å². The maximum atomic E-state index is 11.6. The van der Waals surface area contributed by atoms with Gasteiger partial charge in [-0.15, -0.1) is 0 Å². The van der Waals surface area contributed by atoms with Crippen LogP contribution in [-0.4, -0.2) is 41.1 Å². The summed E-state index contributed by atoms with van der Waals surface area (Å²) >= 11 is 0. The molecule has 8 heteroatoms. The zero-order chi connectivity index (χ0) is 13.6. The largest absolute Gasteiger partial charge is 0.481 e. The Labute approximate surface area is 106 Å². The number of hydrogen-bond donors (Lipinski definition) is 2. The molecule has 18 heavy (non-hydrogen) atoms. The van der Waals surface area contributed by atoms with Crippen LogP contribution in [0.5, 0.6) is 0 Å². The monoisotopic (exact) mass is 275 g/mol. The molecule has 102 valence electrons. The quantitative estimate of drug-likeness (QED) is 0.698. The zero-order valence-corrected chi connectivity index (χ0v) is 10.9. The molecular weight excluding hydrogens is 258 g/mol. The number of carboxylic acid groups (broad SMARTS) is 1. The lowest BCUT2D eigenvalue weighted by atomic mass is 10.3. The number of carboxylic acids is 1. The predicted molar refractivity (Wildman–Crippen MR) is 65.5 cm³/mol. The third kappa shape index (κ3) is 5.78. The van der Waals surface area contributed by atoms with Crippen molar-refractivity contribution in [3.05, 3.63) is 18.5 Å². The van der Waals surface area contributed by atoms with Gasteiger partial charge in [0.2, 0.25) is 10.0 Å². The van der Waals surface area contributed by atoms with Gasteiger partial charge in [0.25, 0.3) is 0 Å². The molecule has 0 aliphatic heterocycles. The molecule has 0 aliphatic carbocycles. The van der Waals surface area contributed by atoms with E-state index in [9.17, 15) is 13.2 Å². The summed E-state index contributed by atoms with van der Waals surface area (Å²) in [5.41, 5.74) is 0. The van der Waals surface area contributed by atoms with Crippen molar-refractivity contribution in [3.63, 3.8) is 0 Å². The maximum Gasteiger partial charge on any atom is 0.303 e. The second kappa shape index (κ2) is 6.50. The first-order valence-electron chi connectivity index (χ1n) is 5.58. The average Bonchev–Trinajstić information content (AvgIpc) is 2.67. The molecule has 1 heterocycles. The van der Waals surface area contributed by atoms with Crippen LogP contribution in [0, 0.1) is 0 Å². The van der Waals surface area contributed by atoms with E-state index in [0.29, 0.717) is 6.54 Å². The van der Waals surface area contributed by atoms with Crippen LogP contribution in [-0.2, 0) is 21.4 Å². The van der Waals surface area contributed by atoms with Crippen molar-refractivity contribution >= 4 is 16.0 Å². The van der Waals surface area contributed by atoms with Gasteiger partial charge in [-0.1, -0.05) is 0 Å². The average molecular weight is 275 g/mol. The van der Waals surface area contributed by atoms with Crippen molar-refractivity contribution in [1.82, 2.24) is 14.5 Å². The van der Waals surface area contributed by atoms with E-state index in [4.69, 9.17) is 5.11 Å². The fourth-order valence-electron chi connectivity index (χ4n) is 1.51. The number of aromatic nitrogens is 2. The SMILES string of the molecule is CC(Cn1cccn1)NS(=O)(=O)CCCC(=O)O. The van der Waals surface area contributed by atoms with E-state index in [1.165, 1.54) is 0 Å². The second-order valence-corrected chi connectivity index (χ2v) is 5.94. The van der Waals surface area contributed by atoms with Crippen molar-refractivity contribution in [1.29, 1.82) is 0 Å². The Hall–Kier alpha value is -1.41. The summed E-state index contributed by atoms with van der Waals surface area (Å²) in [6, 6.07) is 1.47. The summed E-state index contributed by atoms with van der Waals surface area (Å²) in [5.74, 6) is -1.17. The summed E-state index contributed by atoms with van der Waals surface area (Å²) < 4.78 is 27.4. The van der Waals surface area contributed by atoms with E-state index < -0.39 is 16.0 Å². The van der Waals surface area contributed by atoms with Crippen LogP contribution < -0.4 is 4.72 Å². The molecule has 0 amide bonds. The highest BCUT2D eigenvalue weighted by Gasteiger charge is 2.15. The summed E-state index contributed by atoms with van der Waals surface area (Å²) in [5, 5.41) is 12.4. The number of hydrogen-bond acceptors (Lipinski definition) is 4. The van der Waals surface area contributed by atoms with Crippen LogP contribution in [0.3, 0.4) is 0 Å². The Morgan fingerprint density at radius 1 is 1.56 bits per heavy atom. The fourth-order valence-corrected chi connectivity index (χ4v) is 2.83. The molecule has 0 spiro atoms. The lowest BCUT2D eigenvalue weighted by Crippen LogP contribution is -2.37. The first kappa shape index (κ1) is 14.7. The van der Waals surface area contributed by atoms with E-state index in [2.05, 4.69) is 9.82 Å². The van der Waals surface area contributed by atoms with Crippen molar-refractivity contribution < 1.29 is 18.3 Å². The topological polar surface area (TPSA) is 101 Å². The highest BCUT2D eigenvalue weighted by atomic mass is 32.2. The Kier molecular flexibility index (Phi) is 5.29. The first-order chi connectivity index (χ1) is 8.39. The highest BCUT2D eigenvalue weighted by Crippen LogP contribution is 1.98. The van der Waals surface area contributed by atoms with Crippen LogP contribution in [0.15, 0.2) is 18.5 Å². The van der Waals surface area contributed by atoms with Gasteiger partial charge in [-0.3, -0.25) is 9.48 Å². The molecule has 0 fully saturated rings. The maximum absolute atomic E-state index is 11.6. The number of nitrogens with one attached hydrogen (secondary N) is 1. The molecule has 1 unspecified atom stereocenters. The van der Waals surface area contributed by atoms with Gasteiger partial charge in [0.15, 0.2) is 0 Å². The third-order valence-corrected chi connectivity index (χ3v) is 3.79. The molecule has 0 saturated heterocycles. The van der Waals surface area contributed by atoms with Gasteiger partial charge in [0.05, 0.1) is 12.3 Å². The molecule has 1 aromatic rings. The van der Waals surface area contributed by atoms with Gasteiger partial charge < -0.3 is 5.11 Å². The van der Waals surface area contributed by atoms with Crippen LogP contribution >= 0.6 is 0 Å². The van der Waals surface area contributed by atoms with Gasteiger partial charge in [0.1, 0.15) is 0 Å². The molecule has 0 aromatic carbocycles. The minimum absolute atomic E-state index is 0.110. The summed E-state index contributed by atoms with van der Waals surface area (Å²) in [6.07, 6.45) is 3.33. The Balaban J connectivity index is 2.37. The van der Waals surface area contributed by atoms with Crippen LogP contribution in [0.2, 0.25) is 0 Å². The summed E-state index contributed by atoms with van der Waals surface area (Å²) in [4.78, 5) is 10.3. The zero-order valence-electron chi connectivity index (χ0n) is 10.1. The molecule has 0 radical (unpaired) electrons. The van der Waals surface area contributed by atoms with E-state index in [-0.39, 0.29) is 24.6 Å². The molecule has 1 rings (SSSR count). The van der Waals surface area contributed by atoms with Gasteiger partial charge in [-0.05, 0) is 19.4 Å². The molecule has 1 atom stereocenters. The van der Waals surface area contributed by atoms with Gasteiger partial charge in [0, 0.05) is 24.9 Å². The summed E-state index contributed by atoms with van der Waals surface area (Å²) in [7, 11) is -3.43. The van der Waals surface area contributed by atoms with Crippen molar-refractivity contribution in [2.24, 2.45) is 0 Å². The second-order valence-electron chi connectivity index (χ2n) is 4.06. The number of carbonyl (C=O) groups is 1. The van der Waals surface area contributed by atoms with Gasteiger partial charge >= 0.3 is 5.97 Å². The molecule has 2 N–H and O–H groups in total. The van der Waals surface area contributed by atoms with Crippen LogP contribution in [0.25, 0.3) is 0 Å². The lowest BCUT2D eigenvalue weighted by molar-refractivity contribution is -0.137. The Bertz CT molecular complexity index is 469. The minimum Gasteiger partial charge on any atom is -0.481 e. The number of rotatable bonds is 8. The van der Waals surface area contributed by atoms with Crippen LogP contribution in [0.1, 0.15) is 19.8 Å². The Morgan fingerprint density at radius 3 is 2.83 bits per heavy atom. The van der Waals surface area contributed by atoms with Gasteiger partial charge in [-0.25, -0.2) is 13.1 Å². The smallest absolute Gasteiger partial charge is 0.303 e. The van der Waals surface area contributed by atoms with Crippen molar-refractivity contribution in [2.45, 2.75) is 32.4 Å². The van der Waals surface area contributed by atoms with Crippen molar-refractivity contribution in [3.8, 4) is 0 Å². The predicted octanol–water partition coefficient (Wildman–Crippen LogP) is 0.0558. The van der Waals surface area contributed by atoms with E-state index in [1.54, 1.807) is 30.1 Å². The Morgan fingerprint density at radius 2 is 2.28 bits per heavy atom. The fraction of sp³-hybridized carbons (Fsp3) is 0.600. The number of sulfonamides is 1. The van der Waals surface area contributed by atoms with E-state index >= 15 is 0 Å². The number of aliphatic carboxylic acids is 1. The van der Waals surface area contributed by atoms with E-state index in [0.717, 1.165) is 0 Å². The summed E-state index contributed by atoms with van der Waals surface area (Å²) in [6.45, 7) is 2.17. The highest BCUT2D eigenvalue weighted by molar-refractivity contribution is 7.89. The molecule has 0 aliphatic rings. The number of nitrogens with zero attached hydrogens (tertiary/aromatic N) is 2. The molecule has 7 nitrogen and oxygen atoms in total. The molecule has 0 saturated carbocycles.